The molecule has 0 aromatic heterocycles. The number of nitrogens with two attached hydrogens (primary N) is 1. The zero-order valence-corrected chi connectivity index (χ0v) is 18.3. The first-order valence-corrected chi connectivity index (χ1v) is 10.4. The number of esters is 1. The summed E-state index contributed by atoms with van der Waals surface area (Å²) < 4.78 is 29.5. The molecule has 0 saturated carbocycles. The van der Waals surface area contributed by atoms with Crippen LogP contribution < -0.4 is 19.9 Å². The first kappa shape index (κ1) is 23.3. The van der Waals surface area contributed by atoms with E-state index in [0.29, 0.717) is 16.9 Å². The van der Waals surface area contributed by atoms with Crippen molar-refractivity contribution in [2.45, 2.75) is 18.9 Å². The van der Waals surface area contributed by atoms with Gasteiger partial charge < -0.3 is 19.9 Å². The highest BCUT2D eigenvalue weighted by atomic mass is 19.1. The maximum atomic E-state index is 13.1. The summed E-state index contributed by atoms with van der Waals surface area (Å²) in [6.45, 7) is 1.48. The number of nitro groups is 1. The molecule has 10 heteroatoms. The van der Waals surface area contributed by atoms with Gasteiger partial charge in [-0.3, -0.25) is 10.1 Å². The molecule has 1 heterocycles. The molecule has 1 aliphatic heterocycles. The van der Waals surface area contributed by atoms with Gasteiger partial charge in [-0.25, -0.2) is 9.18 Å². The monoisotopic (exact) mass is 475 g/mol. The third kappa shape index (κ3) is 4.89. The number of hydrogen-bond donors (Lipinski definition) is 1. The minimum absolute atomic E-state index is 0.101. The molecule has 3 aromatic rings. The van der Waals surface area contributed by atoms with Crippen molar-refractivity contribution >= 4 is 11.7 Å². The van der Waals surface area contributed by atoms with Crippen LogP contribution in [0.1, 0.15) is 24.0 Å². The number of ether oxygens (including phenoxy) is 3. The highest BCUT2D eigenvalue weighted by Gasteiger charge is 2.32. The molecular formula is C25H18FN3O6. The molecule has 4 rings (SSSR count). The second-order valence-corrected chi connectivity index (χ2v) is 7.61. The molecule has 0 bridgehead atoms. The Balaban J connectivity index is 1.59. The Morgan fingerprint density at radius 1 is 1.17 bits per heavy atom. The molecule has 35 heavy (non-hydrogen) atoms. The van der Waals surface area contributed by atoms with Gasteiger partial charge in [0.15, 0.2) is 6.10 Å². The summed E-state index contributed by atoms with van der Waals surface area (Å²) >= 11 is 0. The van der Waals surface area contributed by atoms with E-state index in [1.54, 1.807) is 12.1 Å². The number of nitriles is 1. The predicted octanol–water partition coefficient (Wildman–Crippen LogP) is 4.32. The van der Waals surface area contributed by atoms with Crippen LogP contribution in [-0.4, -0.2) is 17.0 Å². The van der Waals surface area contributed by atoms with Crippen LogP contribution in [0.3, 0.4) is 0 Å². The van der Waals surface area contributed by atoms with Crippen LogP contribution in [0.25, 0.3) is 0 Å². The van der Waals surface area contributed by atoms with Crippen LogP contribution in [0.2, 0.25) is 0 Å². The summed E-state index contributed by atoms with van der Waals surface area (Å²) in [6.07, 6.45) is -0.995. The van der Waals surface area contributed by atoms with E-state index in [4.69, 9.17) is 19.9 Å². The minimum atomic E-state index is -0.995. The fraction of sp³-hybridized carbons (Fsp3) is 0.120. The maximum Gasteiger partial charge on any atom is 0.352 e. The van der Waals surface area contributed by atoms with Gasteiger partial charge in [0.25, 0.3) is 5.69 Å². The van der Waals surface area contributed by atoms with Crippen molar-refractivity contribution in [1.29, 1.82) is 5.26 Å². The third-order valence-corrected chi connectivity index (χ3v) is 5.28. The average molecular weight is 475 g/mol. The van der Waals surface area contributed by atoms with Gasteiger partial charge >= 0.3 is 5.97 Å². The van der Waals surface area contributed by atoms with Gasteiger partial charge in [0, 0.05) is 23.8 Å². The quantitative estimate of drug-likeness (QED) is 0.241. The van der Waals surface area contributed by atoms with E-state index in [9.17, 15) is 24.6 Å². The standard InChI is InChI=1S/C25H18FN3O6/c1-14(33-18-7-5-16(26)6-8-18)25(30)34-19-9-10-20-22(12-19)35-24(28)21(13-27)23(20)15-3-2-4-17(11-15)29(31)32/h2-12,14,23H,28H2,1H3. The van der Waals surface area contributed by atoms with Gasteiger partial charge in [0.05, 0.1) is 10.8 Å². The molecule has 0 fully saturated rings. The molecule has 176 valence electrons. The zero-order chi connectivity index (χ0) is 25.1. The molecule has 0 radical (unpaired) electrons. The summed E-state index contributed by atoms with van der Waals surface area (Å²) in [5.74, 6) is -1.35. The Hall–Kier alpha value is -4.91. The fourth-order valence-corrected chi connectivity index (χ4v) is 3.62. The summed E-state index contributed by atoms with van der Waals surface area (Å²) in [7, 11) is 0. The number of nitrogens with zero attached hydrogens (tertiary/aromatic N) is 2. The summed E-state index contributed by atoms with van der Waals surface area (Å²) in [6, 6.07) is 17.6. The number of non-ortho nitro benzene ring substituents is 1. The van der Waals surface area contributed by atoms with Crippen LogP contribution >= 0.6 is 0 Å². The predicted molar refractivity (Wildman–Crippen MR) is 121 cm³/mol. The number of fused-ring (bicyclic) bond motifs is 1. The largest absolute Gasteiger partial charge is 0.479 e. The Morgan fingerprint density at radius 3 is 2.57 bits per heavy atom. The van der Waals surface area contributed by atoms with Gasteiger partial charge in [0.2, 0.25) is 5.88 Å². The molecule has 0 amide bonds. The molecule has 0 spiro atoms. The number of hydrogen-bond acceptors (Lipinski definition) is 8. The topological polar surface area (TPSA) is 138 Å². The Labute approximate surface area is 198 Å². The van der Waals surface area contributed by atoms with Gasteiger partial charge in [0.1, 0.15) is 34.7 Å². The Kier molecular flexibility index (Phi) is 6.33. The van der Waals surface area contributed by atoms with E-state index in [-0.39, 0.29) is 28.6 Å². The smallest absolute Gasteiger partial charge is 0.352 e. The minimum Gasteiger partial charge on any atom is -0.479 e. The van der Waals surface area contributed by atoms with E-state index in [1.807, 2.05) is 6.07 Å². The lowest BCUT2D eigenvalue weighted by Gasteiger charge is -2.26. The maximum absolute atomic E-state index is 13.1. The number of carbonyl (C=O) groups is 1. The second-order valence-electron chi connectivity index (χ2n) is 7.61. The molecule has 9 nitrogen and oxygen atoms in total. The second kappa shape index (κ2) is 9.52. The molecule has 1 aliphatic rings. The number of allylic oxidation sites excluding steroid dienone is 1. The molecule has 2 atom stereocenters. The molecular weight excluding hydrogens is 457 g/mol. The first-order chi connectivity index (χ1) is 16.8. The normalized spacial score (nSPS) is 15.3. The van der Waals surface area contributed by atoms with E-state index in [2.05, 4.69) is 0 Å². The van der Waals surface area contributed by atoms with E-state index >= 15 is 0 Å². The Morgan fingerprint density at radius 2 is 1.89 bits per heavy atom. The lowest BCUT2D eigenvalue weighted by Crippen LogP contribution is -2.28. The van der Waals surface area contributed by atoms with Crippen LogP contribution in [0.5, 0.6) is 17.2 Å². The van der Waals surface area contributed by atoms with E-state index in [0.717, 1.165) is 0 Å². The van der Waals surface area contributed by atoms with E-state index < -0.39 is 28.7 Å². The van der Waals surface area contributed by atoms with Gasteiger partial charge in [-0.1, -0.05) is 18.2 Å². The summed E-state index contributed by atoms with van der Waals surface area (Å²) in [5.41, 5.74) is 6.94. The number of halogens is 1. The van der Waals surface area contributed by atoms with Crippen molar-refractivity contribution in [3.63, 3.8) is 0 Å². The van der Waals surface area contributed by atoms with Crippen LogP contribution in [0.15, 0.2) is 78.2 Å². The highest BCUT2D eigenvalue weighted by molar-refractivity contribution is 5.77. The Bertz CT molecular complexity index is 1380. The van der Waals surface area contributed by atoms with Crippen molar-refractivity contribution in [3.8, 4) is 23.3 Å². The lowest BCUT2D eigenvalue weighted by atomic mass is 9.83. The van der Waals surface area contributed by atoms with Crippen LogP contribution in [0, 0.1) is 27.3 Å². The van der Waals surface area contributed by atoms with Crippen LogP contribution in [0.4, 0.5) is 10.1 Å². The van der Waals surface area contributed by atoms with Gasteiger partial charge in [-0.15, -0.1) is 0 Å². The van der Waals surface area contributed by atoms with Crippen molar-refractivity contribution in [3.05, 3.63) is 105 Å². The van der Waals surface area contributed by atoms with Crippen molar-refractivity contribution < 1.29 is 28.3 Å². The van der Waals surface area contributed by atoms with Crippen molar-refractivity contribution in [2.24, 2.45) is 5.73 Å². The van der Waals surface area contributed by atoms with Crippen molar-refractivity contribution in [2.75, 3.05) is 0 Å². The molecule has 2 N–H and O–H groups in total. The molecule has 2 unspecified atom stereocenters. The zero-order valence-electron chi connectivity index (χ0n) is 18.3. The average Bonchev–Trinajstić information content (AvgIpc) is 2.84. The van der Waals surface area contributed by atoms with E-state index in [1.165, 1.54) is 61.5 Å². The SMILES string of the molecule is CC(Oc1ccc(F)cc1)C(=O)Oc1ccc2c(c1)OC(N)=C(C#N)C2c1cccc([N+](=O)[O-])c1. The number of nitro benzene ring substituents is 1. The number of rotatable bonds is 6. The van der Waals surface area contributed by atoms with Gasteiger partial charge in [-0.2, -0.15) is 5.26 Å². The first-order valence-electron chi connectivity index (χ1n) is 10.4. The fourth-order valence-electron chi connectivity index (χ4n) is 3.62. The number of benzene rings is 3. The molecule has 0 saturated heterocycles. The number of carbonyl (C=O) groups excluding carboxylic acids is 1. The molecule has 0 aliphatic carbocycles. The highest BCUT2D eigenvalue weighted by Crippen LogP contribution is 2.44. The third-order valence-electron chi connectivity index (χ3n) is 5.28. The van der Waals surface area contributed by atoms with Gasteiger partial charge in [-0.05, 0) is 42.8 Å². The lowest BCUT2D eigenvalue weighted by molar-refractivity contribution is -0.384. The van der Waals surface area contributed by atoms with Crippen molar-refractivity contribution in [1.82, 2.24) is 0 Å². The summed E-state index contributed by atoms with van der Waals surface area (Å²) in [5, 5.41) is 20.9. The molecule has 3 aromatic carbocycles. The van der Waals surface area contributed by atoms with Crippen LogP contribution in [-0.2, 0) is 4.79 Å². The summed E-state index contributed by atoms with van der Waals surface area (Å²) in [4.78, 5) is 23.2.